The van der Waals surface area contributed by atoms with Crippen LogP contribution in [0.15, 0.2) is 121 Å². The smallest absolute Gasteiger partial charge is 0.246 e. The molecule has 0 spiro atoms. The van der Waals surface area contributed by atoms with E-state index < -0.39 is 59.9 Å². The van der Waals surface area contributed by atoms with Gasteiger partial charge in [-0.1, -0.05) is 147 Å². The molecule has 348 valence electrons. The van der Waals surface area contributed by atoms with Gasteiger partial charge in [0.1, 0.15) is 18.1 Å². The zero-order valence-corrected chi connectivity index (χ0v) is 38.9. The molecule has 5 atom stereocenters. The van der Waals surface area contributed by atoms with Gasteiger partial charge < -0.3 is 31.1 Å². The number of benzene rings is 4. The van der Waals surface area contributed by atoms with Crippen molar-refractivity contribution in [2.75, 3.05) is 20.1 Å². The highest BCUT2D eigenvalue weighted by Crippen LogP contribution is 2.31. The fourth-order valence-electron chi connectivity index (χ4n) is 8.65. The lowest BCUT2D eigenvalue weighted by atomic mass is 9.85. The van der Waals surface area contributed by atoms with Crippen molar-refractivity contribution >= 4 is 35.3 Å². The standard InChI is InChI=1S/C55H62N6O6/c1-38(2)51(63)57-45(55(67)61-36-22-34-48(61)53(65)59-50(42-27-15-9-16-28-42)43-29-17-10-18-30-43)31-19-5-6-20-32-46(58-52(64)39(3)56-4)54(66)60-35-21-33-47(60)49(62)37-44(40-23-11-7-12-24-40)41-25-13-8-14-26-41/h7-18,23-30,38-39,44-48,50,56H,21-22,31-37H2,1-4H3,(H,57,63)(H,58,64)(H,59,65)/t39-,45-,46-,47-,48-/m0/s1. The van der Waals surface area contributed by atoms with E-state index in [1.165, 1.54) is 4.90 Å². The maximum Gasteiger partial charge on any atom is 0.246 e. The maximum atomic E-state index is 14.3. The number of carbonyl (C=O) groups excluding carboxylic acids is 6. The van der Waals surface area contributed by atoms with Crippen LogP contribution in [-0.4, -0.2) is 95.5 Å². The van der Waals surface area contributed by atoms with Crippen molar-refractivity contribution in [2.45, 2.75) is 108 Å². The predicted octanol–water partition coefficient (Wildman–Crippen LogP) is 5.69. The minimum Gasteiger partial charge on any atom is -0.343 e. The van der Waals surface area contributed by atoms with Crippen LogP contribution in [0.25, 0.3) is 0 Å². The second kappa shape index (κ2) is 24.5. The van der Waals surface area contributed by atoms with E-state index in [-0.39, 0.29) is 42.8 Å². The Balaban J connectivity index is 1.15. The molecule has 4 N–H and O–H groups in total. The molecular weight excluding hydrogens is 841 g/mol. The zero-order chi connectivity index (χ0) is 47.7. The highest BCUT2D eigenvalue weighted by Gasteiger charge is 2.40. The fraction of sp³-hybridized carbons (Fsp3) is 0.382. The first kappa shape index (κ1) is 49.4. The summed E-state index contributed by atoms with van der Waals surface area (Å²) in [6, 6.07) is 34.5. The molecule has 4 aromatic carbocycles. The molecule has 6 rings (SSSR count). The number of carbonyl (C=O) groups is 6. The van der Waals surface area contributed by atoms with Gasteiger partial charge in [-0.15, -0.1) is 0 Å². The molecule has 2 fully saturated rings. The maximum absolute atomic E-state index is 14.3. The van der Waals surface area contributed by atoms with Gasteiger partial charge in [-0.05, 0) is 73.7 Å². The summed E-state index contributed by atoms with van der Waals surface area (Å²) in [4.78, 5) is 85.9. The molecule has 0 saturated carbocycles. The molecule has 2 aliphatic rings. The van der Waals surface area contributed by atoms with Gasteiger partial charge in [0.2, 0.25) is 29.5 Å². The Hall–Kier alpha value is -7.02. The zero-order valence-electron chi connectivity index (χ0n) is 38.9. The summed E-state index contributed by atoms with van der Waals surface area (Å²) in [5.41, 5.74) is 3.84. The Morgan fingerprint density at radius 3 is 1.43 bits per heavy atom. The fourth-order valence-corrected chi connectivity index (χ4v) is 8.65. The highest BCUT2D eigenvalue weighted by molar-refractivity contribution is 5.95. The predicted molar refractivity (Wildman–Crippen MR) is 259 cm³/mol. The van der Waals surface area contributed by atoms with Crippen molar-refractivity contribution in [3.05, 3.63) is 144 Å². The van der Waals surface area contributed by atoms with Crippen molar-refractivity contribution in [1.82, 2.24) is 31.1 Å². The largest absolute Gasteiger partial charge is 0.343 e. The van der Waals surface area contributed by atoms with Crippen LogP contribution in [0.2, 0.25) is 0 Å². The number of rotatable bonds is 18. The number of likely N-dealkylation sites (tertiary alicyclic amines) is 2. The van der Waals surface area contributed by atoms with Crippen molar-refractivity contribution in [3.8, 4) is 23.7 Å². The number of ketones is 1. The molecule has 12 heteroatoms. The van der Waals surface area contributed by atoms with Crippen LogP contribution in [-0.2, 0) is 28.8 Å². The molecule has 0 radical (unpaired) electrons. The van der Waals surface area contributed by atoms with E-state index in [0.717, 1.165) is 22.3 Å². The molecular formula is C55H62N6O6. The third-order valence-electron chi connectivity index (χ3n) is 12.5. The van der Waals surface area contributed by atoms with Crippen molar-refractivity contribution < 1.29 is 28.8 Å². The lowest BCUT2D eigenvalue weighted by Gasteiger charge is -2.30. The Labute approximate surface area is 395 Å². The lowest BCUT2D eigenvalue weighted by molar-refractivity contribution is -0.141. The normalized spacial score (nSPS) is 16.8. The minimum atomic E-state index is -1.05. The van der Waals surface area contributed by atoms with Gasteiger partial charge in [0.25, 0.3) is 0 Å². The first-order valence-electron chi connectivity index (χ1n) is 23.3. The van der Waals surface area contributed by atoms with Crippen molar-refractivity contribution in [1.29, 1.82) is 0 Å². The number of hydrogen-bond donors (Lipinski definition) is 4. The average molecular weight is 903 g/mol. The summed E-state index contributed by atoms with van der Waals surface area (Å²) in [5.74, 6) is 8.94. The van der Waals surface area contributed by atoms with Crippen molar-refractivity contribution in [2.24, 2.45) is 5.92 Å². The van der Waals surface area contributed by atoms with Crippen LogP contribution in [0, 0.1) is 29.6 Å². The number of likely N-dealkylation sites (N-methyl/N-ethyl adjacent to an activating group) is 1. The molecule has 67 heavy (non-hydrogen) atoms. The number of hydrogen-bond acceptors (Lipinski definition) is 7. The van der Waals surface area contributed by atoms with Gasteiger partial charge in [-0.3, -0.25) is 28.8 Å². The van der Waals surface area contributed by atoms with Gasteiger partial charge in [0.15, 0.2) is 5.78 Å². The van der Waals surface area contributed by atoms with Gasteiger partial charge in [-0.2, -0.15) is 0 Å². The first-order valence-corrected chi connectivity index (χ1v) is 23.3. The number of amides is 5. The van der Waals surface area contributed by atoms with E-state index in [2.05, 4.69) is 44.9 Å². The number of nitrogens with one attached hydrogen (secondary N) is 4. The van der Waals surface area contributed by atoms with E-state index in [1.54, 1.807) is 32.7 Å². The molecule has 0 unspecified atom stereocenters. The summed E-state index contributed by atoms with van der Waals surface area (Å²) in [7, 11) is 1.65. The topological polar surface area (TPSA) is 157 Å². The third-order valence-corrected chi connectivity index (χ3v) is 12.5. The minimum absolute atomic E-state index is 0.0488. The van der Waals surface area contributed by atoms with E-state index in [9.17, 15) is 28.8 Å². The number of Topliss-reactive ketones (excluding diaryl/α,β-unsaturated/α-hetero) is 1. The van der Waals surface area contributed by atoms with E-state index in [0.29, 0.717) is 38.8 Å². The Bertz CT molecular complexity index is 2360. The van der Waals surface area contributed by atoms with E-state index in [4.69, 9.17) is 0 Å². The Morgan fingerprint density at radius 1 is 0.567 bits per heavy atom. The molecule has 12 nitrogen and oxygen atoms in total. The number of nitrogens with zero attached hydrogens (tertiary/aromatic N) is 2. The van der Waals surface area contributed by atoms with Crippen LogP contribution in [0.4, 0.5) is 0 Å². The molecule has 5 amide bonds. The summed E-state index contributed by atoms with van der Waals surface area (Å²) >= 11 is 0. The highest BCUT2D eigenvalue weighted by atomic mass is 16.2. The van der Waals surface area contributed by atoms with Gasteiger partial charge in [-0.25, -0.2) is 0 Å². The Morgan fingerprint density at radius 2 is 0.985 bits per heavy atom. The van der Waals surface area contributed by atoms with Gasteiger partial charge in [0.05, 0.1) is 18.1 Å². The summed E-state index contributed by atoms with van der Waals surface area (Å²) in [5, 5.41) is 11.8. The Kier molecular flexibility index (Phi) is 18.1. The lowest BCUT2D eigenvalue weighted by Crippen LogP contribution is -2.54. The molecule has 0 bridgehead atoms. The molecule has 0 aromatic heterocycles. The summed E-state index contributed by atoms with van der Waals surface area (Å²) in [6.07, 6.45) is 2.31. The average Bonchev–Trinajstić information content (AvgIpc) is 4.07. The molecule has 2 aliphatic heterocycles. The van der Waals surface area contributed by atoms with Crippen molar-refractivity contribution in [3.63, 3.8) is 0 Å². The molecule has 0 aliphatic carbocycles. The molecule has 4 aromatic rings. The molecule has 2 heterocycles. The summed E-state index contributed by atoms with van der Waals surface area (Å²) in [6.45, 7) is 5.86. The van der Waals surface area contributed by atoms with Crippen LogP contribution in [0.3, 0.4) is 0 Å². The SMILES string of the molecule is CN[C@@H](C)C(=O)N[C@@H](CC#CC#CC[C@H](NC(=O)C(C)C)C(=O)N1CCC[C@H]1C(=O)NC(c1ccccc1)c1ccccc1)C(=O)N1CCC[C@H]1C(=O)CC(c1ccccc1)c1ccccc1. The van der Waals surface area contributed by atoms with E-state index >= 15 is 0 Å². The van der Waals surface area contributed by atoms with Crippen LogP contribution in [0.1, 0.15) is 99.9 Å². The third kappa shape index (κ3) is 13.3. The van der Waals surface area contributed by atoms with Crippen LogP contribution < -0.4 is 21.3 Å². The second-order valence-corrected chi connectivity index (χ2v) is 17.5. The van der Waals surface area contributed by atoms with E-state index in [1.807, 2.05) is 121 Å². The van der Waals surface area contributed by atoms with Crippen LogP contribution in [0.5, 0.6) is 0 Å². The first-order chi connectivity index (χ1) is 32.5. The summed E-state index contributed by atoms with van der Waals surface area (Å²) < 4.78 is 0. The van der Waals surface area contributed by atoms with Crippen LogP contribution >= 0.6 is 0 Å². The molecule has 2 saturated heterocycles. The van der Waals surface area contributed by atoms with Gasteiger partial charge in [0, 0.05) is 44.2 Å². The monoisotopic (exact) mass is 902 g/mol. The van der Waals surface area contributed by atoms with Gasteiger partial charge >= 0.3 is 0 Å². The second-order valence-electron chi connectivity index (χ2n) is 17.5. The quantitative estimate of drug-likeness (QED) is 0.0937.